The minimum atomic E-state index is 0.913. The summed E-state index contributed by atoms with van der Waals surface area (Å²) in [5, 5.41) is 7.96. The molecule has 1 aliphatic heterocycles. The van der Waals surface area contributed by atoms with Crippen LogP contribution in [0, 0.1) is 6.92 Å². The Balaban J connectivity index is 2.03. The van der Waals surface area contributed by atoms with Gasteiger partial charge in [-0.1, -0.05) is 0 Å². The molecular weight excluding hydrogens is 202 g/mol. The van der Waals surface area contributed by atoms with Gasteiger partial charge in [-0.25, -0.2) is 9.50 Å². The average Bonchev–Trinajstić information content (AvgIpc) is 2.76. The van der Waals surface area contributed by atoms with E-state index in [0.717, 1.165) is 37.6 Å². The van der Waals surface area contributed by atoms with Crippen LogP contribution < -0.4 is 10.2 Å². The number of aryl methyl sites for hydroxylation is 1. The molecule has 1 saturated heterocycles. The number of hydrogen-bond donors (Lipinski definition) is 1. The lowest BCUT2D eigenvalue weighted by atomic mass is 10.2. The van der Waals surface area contributed by atoms with Gasteiger partial charge < -0.3 is 10.2 Å². The first-order chi connectivity index (χ1) is 7.84. The first-order valence-electron chi connectivity index (χ1n) is 5.61. The highest BCUT2D eigenvalue weighted by atomic mass is 15.3. The van der Waals surface area contributed by atoms with Crippen molar-refractivity contribution in [2.75, 3.05) is 31.1 Å². The summed E-state index contributed by atoms with van der Waals surface area (Å²) in [6.07, 6.45) is 3.67. The second kappa shape index (κ2) is 3.75. The highest BCUT2D eigenvalue weighted by Crippen LogP contribution is 2.18. The number of hydrogen-bond acceptors (Lipinski definition) is 4. The summed E-state index contributed by atoms with van der Waals surface area (Å²) >= 11 is 0. The number of fused-ring (bicyclic) bond motifs is 1. The van der Waals surface area contributed by atoms with E-state index in [0.29, 0.717) is 0 Å². The lowest BCUT2D eigenvalue weighted by molar-refractivity contribution is 0.580. The van der Waals surface area contributed by atoms with Crippen LogP contribution in [0.3, 0.4) is 0 Å². The number of piperazine rings is 1. The lowest BCUT2D eigenvalue weighted by Gasteiger charge is -2.29. The molecule has 0 spiro atoms. The number of nitrogens with zero attached hydrogens (tertiary/aromatic N) is 4. The van der Waals surface area contributed by atoms with Crippen LogP contribution in [0.2, 0.25) is 0 Å². The first kappa shape index (κ1) is 9.59. The largest absolute Gasteiger partial charge is 0.352 e. The third-order valence-corrected chi connectivity index (χ3v) is 2.97. The van der Waals surface area contributed by atoms with Crippen molar-refractivity contribution in [2.45, 2.75) is 6.92 Å². The van der Waals surface area contributed by atoms with Gasteiger partial charge >= 0.3 is 0 Å². The van der Waals surface area contributed by atoms with Gasteiger partial charge in [0.05, 0.1) is 0 Å². The molecule has 1 N–H and O–H groups in total. The standard InChI is InChI=1S/C11H15N5/c1-9-8-10-13-4-7-16(10)14-11(9)15-5-2-12-3-6-15/h4,7-8,12H,2-3,5-6H2,1H3. The number of rotatable bonds is 1. The van der Waals surface area contributed by atoms with Gasteiger partial charge in [-0.2, -0.15) is 0 Å². The van der Waals surface area contributed by atoms with E-state index in [-0.39, 0.29) is 0 Å². The van der Waals surface area contributed by atoms with E-state index in [9.17, 15) is 0 Å². The van der Waals surface area contributed by atoms with E-state index in [1.54, 1.807) is 6.20 Å². The van der Waals surface area contributed by atoms with Crippen LogP contribution in [0.25, 0.3) is 5.65 Å². The quantitative estimate of drug-likeness (QED) is 0.753. The summed E-state index contributed by atoms with van der Waals surface area (Å²) in [4.78, 5) is 6.56. The highest BCUT2D eigenvalue weighted by molar-refractivity contribution is 5.52. The normalized spacial score (nSPS) is 16.9. The molecule has 0 radical (unpaired) electrons. The van der Waals surface area contributed by atoms with Crippen molar-refractivity contribution in [2.24, 2.45) is 0 Å². The molecule has 2 aromatic rings. The van der Waals surface area contributed by atoms with Crippen LogP contribution in [0.1, 0.15) is 5.56 Å². The number of imidazole rings is 1. The third-order valence-electron chi connectivity index (χ3n) is 2.97. The second-order valence-corrected chi connectivity index (χ2v) is 4.12. The van der Waals surface area contributed by atoms with Crippen molar-refractivity contribution in [3.8, 4) is 0 Å². The Kier molecular flexibility index (Phi) is 2.25. The maximum absolute atomic E-state index is 4.61. The molecule has 0 saturated carbocycles. The Morgan fingerprint density at radius 2 is 2.12 bits per heavy atom. The van der Waals surface area contributed by atoms with E-state index < -0.39 is 0 Å². The molecule has 2 aromatic heterocycles. The second-order valence-electron chi connectivity index (χ2n) is 4.12. The maximum atomic E-state index is 4.61. The van der Waals surface area contributed by atoms with Gasteiger partial charge in [0.25, 0.3) is 0 Å². The molecule has 1 aliphatic rings. The molecule has 16 heavy (non-hydrogen) atoms. The van der Waals surface area contributed by atoms with Crippen molar-refractivity contribution < 1.29 is 0 Å². The zero-order chi connectivity index (χ0) is 11.0. The molecule has 5 nitrogen and oxygen atoms in total. The molecule has 0 bridgehead atoms. The fourth-order valence-electron chi connectivity index (χ4n) is 2.12. The van der Waals surface area contributed by atoms with Gasteiger partial charge in [0, 0.05) is 38.6 Å². The van der Waals surface area contributed by atoms with E-state index >= 15 is 0 Å². The zero-order valence-corrected chi connectivity index (χ0v) is 9.35. The molecule has 0 atom stereocenters. The van der Waals surface area contributed by atoms with Crippen LogP contribution in [0.5, 0.6) is 0 Å². The van der Waals surface area contributed by atoms with E-state index in [4.69, 9.17) is 0 Å². The summed E-state index contributed by atoms with van der Waals surface area (Å²) < 4.78 is 1.84. The van der Waals surface area contributed by atoms with Gasteiger partial charge in [0.2, 0.25) is 0 Å². The Morgan fingerprint density at radius 3 is 2.94 bits per heavy atom. The Hall–Kier alpha value is -1.62. The summed E-state index contributed by atoms with van der Waals surface area (Å²) in [5.41, 5.74) is 2.11. The molecule has 3 rings (SSSR count). The number of aromatic nitrogens is 3. The summed E-state index contributed by atoms with van der Waals surface area (Å²) in [5.74, 6) is 1.08. The van der Waals surface area contributed by atoms with E-state index in [1.807, 2.05) is 10.7 Å². The molecule has 5 heteroatoms. The molecule has 0 aromatic carbocycles. The summed E-state index contributed by atoms with van der Waals surface area (Å²) in [7, 11) is 0. The SMILES string of the molecule is Cc1cc2nccn2nc1N1CCNCC1. The van der Waals surface area contributed by atoms with Gasteiger partial charge in [0.15, 0.2) is 11.5 Å². The van der Waals surface area contributed by atoms with Gasteiger partial charge in [-0.3, -0.25) is 0 Å². The monoisotopic (exact) mass is 217 g/mol. The minimum absolute atomic E-state index is 0.913. The number of anilines is 1. The van der Waals surface area contributed by atoms with Crippen molar-refractivity contribution in [1.82, 2.24) is 19.9 Å². The molecule has 0 unspecified atom stereocenters. The topological polar surface area (TPSA) is 45.5 Å². The molecule has 3 heterocycles. The Bertz CT molecular complexity index is 498. The van der Waals surface area contributed by atoms with Crippen LogP contribution in [0.4, 0.5) is 5.82 Å². The predicted molar refractivity (Wildman–Crippen MR) is 62.8 cm³/mol. The number of nitrogens with one attached hydrogen (secondary N) is 1. The van der Waals surface area contributed by atoms with Crippen molar-refractivity contribution in [3.63, 3.8) is 0 Å². The van der Waals surface area contributed by atoms with Gasteiger partial charge in [-0.05, 0) is 18.6 Å². The Morgan fingerprint density at radius 1 is 1.31 bits per heavy atom. The van der Waals surface area contributed by atoms with E-state index in [1.165, 1.54) is 5.56 Å². The van der Waals surface area contributed by atoms with Crippen molar-refractivity contribution in [3.05, 3.63) is 24.0 Å². The van der Waals surface area contributed by atoms with Crippen LogP contribution in [0.15, 0.2) is 18.5 Å². The molecule has 1 fully saturated rings. The molecular formula is C11H15N5. The fourth-order valence-corrected chi connectivity index (χ4v) is 2.12. The fraction of sp³-hybridized carbons (Fsp3) is 0.455. The smallest absolute Gasteiger partial charge is 0.153 e. The summed E-state index contributed by atoms with van der Waals surface area (Å²) in [6.45, 7) is 6.20. The molecule has 0 amide bonds. The Labute approximate surface area is 94.1 Å². The van der Waals surface area contributed by atoms with Crippen LogP contribution >= 0.6 is 0 Å². The van der Waals surface area contributed by atoms with Crippen LogP contribution in [-0.4, -0.2) is 40.8 Å². The first-order valence-corrected chi connectivity index (χ1v) is 5.61. The molecule has 84 valence electrons. The van der Waals surface area contributed by atoms with Crippen molar-refractivity contribution >= 4 is 11.5 Å². The lowest BCUT2D eigenvalue weighted by Crippen LogP contribution is -2.44. The van der Waals surface area contributed by atoms with E-state index in [2.05, 4.69) is 33.3 Å². The third kappa shape index (κ3) is 1.53. The van der Waals surface area contributed by atoms with Gasteiger partial charge in [-0.15, -0.1) is 5.10 Å². The maximum Gasteiger partial charge on any atom is 0.153 e. The van der Waals surface area contributed by atoms with Crippen molar-refractivity contribution in [1.29, 1.82) is 0 Å². The predicted octanol–water partition coefficient (Wildman–Crippen LogP) is 0.447. The van der Waals surface area contributed by atoms with Crippen LogP contribution in [-0.2, 0) is 0 Å². The summed E-state index contributed by atoms with van der Waals surface area (Å²) in [6, 6.07) is 2.09. The molecule has 0 aliphatic carbocycles. The highest BCUT2D eigenvalue weighted by Gasteiger charge is 2.14. The zero-order valence-electron chi connectivity index (χ0n) is 9.35. The average molecular weight is 217 g/mol. The minimum Gasteiger partial charge on any atom is -0.352 e. The van der Waals surface area contributed by atoms with Gasteiger partial charge in [0.1, 0.15) is 0 Å².